The van der Waals surface area contributed by atoms with Crippen molar-refractivity contribution < 1.29 is 23.2 Å². The van der Waals surface area contributed by atoms with E-state index in [1.54, 1.807) is 13.8 Å². The summed E-state index contributed by atoms with van der Waals surface area (Å²) in [5, 5.41) is 0. The van der Waals surface area contributed by atoms with E-state index in [0.29, 0.717) is 18.6 Å². The van der Waals surface area contributed by atoms with Crippen molar-refractivity contribution in [2.75, 3.05) is 0 Å². The average Bonchev–Trinajstić information content (AvgIpc) is 2.63. The summed E-state index contributed by atoms with van der Waals surface area (Å²) < 4.78 is 14.4. The van der Waals surface area contributed by atoms with Crippen molar-refractivity contribution in [3.8, 4) is 0 Å². The van der Waals surface area contributed by atoms with Crippen molar-refractivity contribution in [3.05, 3.63) is 22.1 Å². The molecule has 1 rings (SSSR count). The first-order chi connectivity index (χ1) is 9.23. The maximum Gasteiger partial charge on any atom is 0.519 e. The van der Waals surface area contributed by atoms with Gasteiger partial charge in [-0.15, -0.1) is 0 Å². The molecule has 112 valence electrons. The highest BCUT2D eigenvalue weighted by molar-refractivity contribution is 5.79. The Labute approximate surface area is 117 Å². The molecule has 0 unspecified atom stereocenters. The van der Waals surface area contributed by atoms with Crippen molar-refractivity contribution >= 4 is 11.8 Å². The van der Waals surface area contributed by atoms with Crippen molar-refractivity contribution in [3.63, 3.8) is 0 Å². The summed E-state index contributed by atoms with van der Waals surface area (Å²) in [6, 6.07) is 0. The fourth-order valence-electron chi connectivity index (χ4n) is 1.82. The highest BCUT2D eigenvalue weighted by atomic mass is 16.6. The second kappa shape index (κ2) is 6.54. The lowest BCUT2D eigenvalue weighted by molar-refractivity contribution is -0.148. The number of aryl methyl sites for hydroxylation is 1. The molecule has 0 spiro atoms. The van der Waals surface area contributed by atoms with Crippen LogP contribution < -0.4 is 5.82 Å². The molecule has 1 heterocycles. The van der Waals surface area contributed by atoms with E-state index in [-0.39, 0.29) is 24.6 Å². The Hall–Kier alpha value is -1.85. The van der Waals surface area contributed by atoms with Gasteiger partial charge in [-0.3, -0.25) is 9.59 Å². The number of carbonyl (C=O) groups is 2. The number of ether oxygens (including phenoxy) is 1. The summed E-state index contributed by atoms with van der Waals surface area (Å²) in [5.41, 5.74) is -0.448. The van der Waals surface area contributed by atoms with Crippen molar-refractivity contribution in [2.24, 2.45) is 5.41 Å². The summed E-state index contributed by atoms with van der Waals surface area (Å²) in [7, 11) is 0. The zero-order chi connectivity index (χ0) is 15.3. The van der Waals surface area contributed by atoms with E-state index in [4.69, 9.17) is 9.15 Å². The van der Waals surface area contributed by atoms with Gasteiger partial charge < -0.3 is 13.6 Å². The first kappa shape index (κ1) is 16.2. The number of carbonyl (C=O) groups excluding carboxylic acids is 2. The van der Waals surface area contributed by atoms with Crippen LogP contribution in [0.15, 0.2) is 13.6 Å². The highest BCUT2D eigenvalue weighted by Gasteiger charge is 2.26. The van der Waals surface area contributed by atoms with Gasteiger partial charge in [-0.25, -0.2) is 4.79 Å². The van der Waals surface area contributed by atoms with Gasteiger partial charge in [0.1, 0.15) is 5.78 Å². The van der Waals surface area contributed by atoms with Gasteiger partial charge in [-0.1, -0.05) is 20.8 Å². The van der Waals surface area contributed by atoms with E-state index in [1.165, 1.54) is 0 Å². The van der Waals surface area contributed by atoms with E-state index < -0.39 is 17.2 Å². The molecule has 0 aromatic carbocycles. The SMILES string of the molecule is CCC(=O)CC(C)(C)CC(=O)OCc1oc(=O)oc1C. The lowest BCUT2D eigenvalue weighted by Crippen LogP contribution is -2.22. The van der Waals surface area contributed by atoms with Crippen molar-refractivity contribution in [1.29, 1.82) is 0 Å². The average molecular weight is 284 g/mol. The lowest BCUT2D eigenvalue weighted by Gasteiger charge is -2.22. The van der Waals surface area contributed by atoms with Crippen LogP contribution >= 0.6 is 0 Å². The van der Waals surface area contributed by atoms with Crippen LogP contribution in [0.25, 0.3) is 0 Å². The maximum atomic E-state index is 11.7. The van der Waals surface area contributed by atoms with Crippen LogP contribution in [-0.2, 0) is 20.9 Å². The third-order valence-corrected chi connectivity index (χ3v) is 2.89. The van der Waals surface area contributed by atoms with Crippen LogP contribution in [0.4, 0.5) is 0 Å². The third kappa shape index (κ3) is 5.03. The molecule has 0 aliphatic carbocycles. The maximum absolute atomic E-state index is 11.7. The normalized spacial score (nSPS) is 11.4. The predicted molar refractivity (Wildman–Crippen MR) is 70.1 cm³/mol. The van der Waals surface area contributed by atoms with E-state index in [9.17, 15) is 14.4 Å². The molecule has 0 aliphatic rings. The molecular formula is C14H20O6. The zero-order valence-corrected chi connectivity index (χ0v) is 12.3. The van der Waals surface area contributed by atoms with Crippen LogP contribution in [0.5, 0.6) is 0 Å². The molecular weight excluding hydrogens is 264 g/mol. The molecule has 6 heteroatoms. The van der Waals surface area contributed by atoms with Gasteiger partial charge in [0.25, 0.3) is 0 Å². The standard InChI is InChI=1S/C14H20O6/c1-5-10(15)6-14(3,4)7-12(16)18-8-11-9(2)19-13(17)20-11/h5-8H2,1-4H3. The van der Waals surface area contributed by atoms with Gasteiger partial charge in [0.05, 0.1) is 6.42 Å². The number of hydrogen-bond acceptors (Lipinski definition) is 6. The lowest BCUT2D eigenvalue weighted by atomic mass is 9.83. The van der Waals surface area contributed by atoms with E-state index in [1.807, 2.05) is 13.8 Å². The molecule has 6 nitrogen and oxygen atoms in total. The fraction of sp³-hybridized carbons (Fsp3) is 0.643. The molecule has 0 N–H and O–H groups in total. The van der Waals surface area contributed by atoms with Crippen molar-refractivity contribution in [2.45, 2.75) is 53.6 Å². The molecule has 0 amide bonds. The molecule has 1 aromatic rings. The largest absolute Gasteiger partial charge is 0.519 e. The summed E-state index contributed by atoms with van der Waals surface area (Å²) in [5.74, 6) is -0.655. The van der Waals surface area contributed by atoms with E-state index >= 15 is 0 Å². The van der Waals surface area contributed by atoms with Crippen LogP contribution in [-0.4, -0.2) is 11.8 Å². The Kier molecular flexibility index (Phi) is 5.30. The van der Waals surface area contributed by atoms with Crippen molar-refractivity contribution in [1.82, 2.24) is 0 Å². The Morgan fingerprint density at radius 3 is 2.35 bits per heavy atom. The Morgan fingerprint density at radius 1 is 1.20 bits per heavy atom. The smallest absolute Gasteiger partial charge is 0.457 e. The second-order valence-electron chi connectivity index (χ2n) is 5.50. The van der Waals surface area contributed by atoms with Crippen LogP contribution in [0.3, 0.4) is 0 Å². The molecule has 20 heavy (non-hydrogen) atoms. The molecule has 0 bridgehead atoms. The first-order valence-electron chi connectivity index (χ1n) is 6.50. The fourth-order valence-corrected chi connectivity index (χ4v) is 1.82. The molecule has 1 aromatic heterocycles. The molecule has 0 atom stereocenters. The Bertz CT molecular complexity index is 534. The van der Waals surface area contributed by atoms with Gasteiger partial charge in [-0.05, 0) is 12.3 Å². The Morgan fingerprint density at radius 2 is 1.85 bits per heavy atom. The quantitative estimate of drug-likeness (QED) is 0.714. The highest BCUT2D eigenvalue weighted by Crippen LogP contribution is 2.26. The molecule has 0 saturated carbocycles. The number of ketones is 1. The van der Waals surface area contributed by atoms with Gasteiger partial charge in [-0.2, -0.15) is 0 Å². The van der Waals surface area contributed by atoms with Crippen LogP contribution in [0.1, 0.15) is 51.6 Å². The minimum absolute atomic E-state index is 0.111. The summed E-state index contributed by atoms with van der Waals surface area (Å²) in [4.78, 5) is 34.0. The number of hydrogen-bond donors (Lipinski definition) is 0. The van der Waals surface area contributed by atoms with E-state index in [0.717, 1.165) is 0 Å². The van der Waals surface area contributed by atoms with Gasteiger partial charge >= 0.3 is 11.8 Å². The molecule has 0 saturated heterocycles. The zero-order valence-electron chi connectivity index (χ0n) is 12.3. The molecule has 0 aliphatic heterocycles. The minimum Gasteiger partial charge on any atom is -0.457 e. The summed E-state index contributed by atoms with van der Waals surface area (Å²) >= 11 is 0. The molecule has 0 radical (unpaired) electrons. The second-order valence-corrected chi connectivity index (χ2v) is 5.50. The number of rotatable bonds is 7. The summed E-state index contributed by atoms with van der Waals surface area (Å²) in [6.07, 6.45) is 0.913. The number of esters is 1. The predicted octanol–water partition coefficient (Wildman–Crippen LogP) is 2.37. The topological polar surface area (TPSA) is 86.7 Å². The monoisotopic (exact) mass is 284 g/mol. The van der Waals surface area contributed by atoms with Gasteiger partial charge in [0, 0.05) is 12.8 Å². The summed E-state index contributed by atoms with van der Waals surface area (Å²) in [6.45, 7) is 6.88. The third-order valence-electron chi connectivity index (χ3n) is 2.89. The Balaban J connectivity index is 2.49. The molecule has 0 fully saturated rings. The van der Waals surface area contributed by atoms with Crippen LogP contribution in [0, 0.1) is 12.3 Å². The van der Waals surface area contributed by atoms with Gasteiger partial charge in [0.15, 0.2) is 18.1 Å². The van der Waals surface area contributed by atoms with Gasteiger partial charge in [0.2, 0.25) is 0 Å². The first-order valence-corrected chi connectivity index (χ1v) is 6.50. The number of Topliss-reactive ketones (excluding diaryl/α,β-unsaturated/α-hetero) is 1. The van der Waals surface area contributed by atoms with Crippen LogP contribution in [0.2, 0.25) is 0 Å². The van der Waals surface area contributed by atoms with E-state index in [2.05, 4.69) is 4.42 Å². The minimum atomic E-state index is -0.817.